The Bertz CT molecular complexity index is 1590. The van der Waals surface area contributed by atoms with Gasteiger partial charge in [0, 0.05) is 12.8 Å². The zero-order valence-corrected chi connectivity index (χ0v) is 48.7. The molecule has 0 spiro atoms. The molecular formula is C66H112NO8+. The minimum absolute atomic E-state index is 0.182. The predicted octanol–water partition coefficient (Wildman–Crippen LogP) is 17.9. The van der Waals surface area contributed by atoms with E-state index >= 15 is 0 Å². The Morgan fingerprint density at radius 1 is 0.413 bits per heavy atom. The third-order valence-electron chi connectivity index (χ3n) is 12.5. The average Bonchev–Trinajstić information content (AvgIpc) is 3.38. The predicted molar refractivity (Wildman–Crippen MR) is 318 cm³/mol. The van der Waals surface area contributed by atoms with Crippen LogP contribution in [-0.4, -0.2) is 87.4 Å². The minimum Gasteiger partial charge on any atom is -0.477 e. The van der Waals surface area contributed by atoms with Gasteiger partial charge in [-0.25, -0.2) is 4.79 Å². The van der Waals surface area contributed by atoms with Gasteiger partial charge in [0.25, 0.3) is 6.29 Å². The van der Waals surface area contributed by atoms with Gasteiger partial charge in [0.05, 0.1) is 34.4 Å². The van der Waals surface area contributed by atoms with Crippen molar-refractivity contribution in [2.75, 3.05) is 47.5 Å². The van der Waals surface area contributed by atoms with E-state index in [-0.39, 0.29) is 38.6 Å². The highest BCUT2D eigenvalue weighted by Gasteiger charge is 2.25. The summed E-state index contributed by atoms with van der Waals surface area (Å²) in [7, 11) is 5.96. The molecule has 0 aromatic rings. The van der Waals surface area contributed by atoms with Gasteiger partial charge in [-0.1, -0.05) is 226 Å². The summed E-state index contributed by atoms with van der Waals surface area (Å²) in [4.78, 5) is 37.3. The highest BCUT2D eigenvalue weighted by Crippen LogP contribution is 2.15. The number of carboxylic acids is 1. The van der Waals surface area contributed by atoms with Gasteiger partial charge in [-0.2, -0.15) is 0 Å². The molecule has 9 heteroatoms. The van der Waals surface area contributed by atoms with E-state index in [9.17, 15) is 19.5 Å². The van der Waals surface area contributed by atoms with Crippen molar-refractivity contribution < 1.29 is 42.9 Å². The lowest BCUT2D eigenvalue weighted by Crippen LogP contribution is -2.40. The van der Waals surface area contributed by atoms with Crippen LogP contribution in [0.4, 0.5) is 0 Å². The Morgan fingerprint density at radius 3 is 1.15 bits per heavy atom. The van der Waals surface area contributed by atoms with Gasteiger partial charge < -0.3 is 28.5 Å². The first-order chi connectivity index (χ1) is 36.6. The zero-order chi connectivity index (χ0) is 54.8. The molecule has 0 saturated carbocycles. The number of carbonyl (C=O) groups is 3. The molecule has 75 heavy (non-hydrogen) atoms. The summed E-state index contributed by atoms with van der Waals surface area (Å²) in [6.45, 7) is 4.73. The van der Waals surface area contributed by atoms with Crippen molar-refractivity contribution in [1.29, 1.82) is 0 Å². The Labute approximate surface area is 460 Å². The van der Waals surface area contributed by atoms with Gasteiger partial charge >= 0.3 is 17.9 Å². The van der Waals surface area contributed by atoms with Crippen molar-refractivity contribution in [3.63, 3.8) is 0 Å². The largest absolute Gasteiger partial charge is 0.477 e. The summed E-state index contributed by atoms with van der Waals surface area (Å²) in [5, 5.41) is 9.69. The van der Waals surface area contributed by atoms with Crippen molar-refractivity contribution in [1.82, 2.24) is 0 Å². The molecule has 428 valence electrons. The number of nitrogens with zero attached hydrogens (tertiary/aromatic N) is 1. The summed E-state index contributed by atoms with van der Waals surface area (Å²) in [5.41, 5.74) is 0. The maximum absolute atomic E-state index is 12.9. The second-order valence-electron chi connectivity index (χ2n) is 20.9. The Morgan fingerprint density at radius 2 is 0.760 bits per heavy atom. The number of unbranched alkanes of at least 4 members (excludes halogenated alkanes) is 21. The summed E-state index contributed by atoms with van der Waals surface area (Å²) >= 11 is 0. The topological polar surface area (TPSA) is 108 Å². The number of esters is 2. The highest BCUT2D eigenvalue weighted by molar-refractivity contribution is 5.71. The fourth-order valence-corrected chi connectivity index (χ4v) is 7.91. The van der Waals surface area contributed by atoms with Crippen LogP contribution in [-0.2, 0) is 33.3 Å². The van der Waals surface area contributed by atoms with Gasteiger partial charge in [-0.3, -0.25) is 9.59 Å². The number of hydrogen-bond donors (Lipinski definition) is 1. The quantitative estimate of drug-likeness (QED) is 0.0211. The van der Waals surface area contributed by atoms with Crippen LogP contribution >= 0.6 is 0 Å². The number of quaternary nitrogens is 1. The Balaban J connectivity index is 4.13. The highest BCUT2D eigenvalue weighted by atomic mass is 16.7. The molecule has 0 aliphatic rings. The number of ether oxygens (including phenoxy) is 4. The van der Waals surface area contributed by atoms with Crippen LogP contribution < -0.4 is 0 Å². The van der Waals surface area contributed by atoms with E-state index in [0.29, 0.717) is 17.4 Å². The summed E-state index contributed by atoms with van der Waals surface area (Å²) < 4.78 is 22.8. The molecule has 0 heterocycles. The smallest absolute Gasteiger partial charge is 0.361 e. The van der Waals surface area contributed by atoms with Crippen LogP contribution in [0.5, 0.6) is 0 Å². The molecule has 0 amide bonds. The van der Waals surface area contributed by atoms with E-state index in [1.807, 2.05) is 21.1 Å². The summed E-state index contributed by atoms with van der Waals surface area (Å²) in [6.07, 6.45) is 74.6. The zero-order valence-electron chi connectivity index (χ0n) is 48.7. The van der Waals surface area contributed by atoms with E-state index in [2.05, 4.69) is 123 Å². The number of likely N-dealkylation sites (N-methyl/N-ethyl adjacent to an activating group) is 1. The number of rotatable bonds is 54. The van der Waals surface area contributed by atoms with E-state index < -0.39 is 24.3 Å². The first kappa shape index (κ1) is 71.0. The minimum atomic E-state index is -1.52. The van der Waals surface area contributed by atoms with Crippen LogP contribution in [0.2, 0.25) is 0 Å². The Hall–Kier alpha value is -4.05. The molecule has 2 unspecified atom stereocenters. The van der Waals surface area contributed by atoms with Crippen LogP contribution in [0.15, 0.2) is 109 Å². The van der Waals surface area contributed by atoms with Crippen molar-refractivity contribution in [2.45, 2.75) is 245 Å². The molecule has 0 aliphatic carbocycles. The SMILES string of the molecule is CC/C=C\C/C=C\C/C=C\C/C=C\C/C=C\C/C=C\C/C=C\C/C=C\CCCCCCCCCCCCCCC(=O)OC(COC(=O)CCCCCCC/C=C\CCCCCC)COC(OCC[N+](C)(C)C)C(=O)O. The third kappa shape index (κ3) is 57.5. The molecule has 1 N–H and O–H groups in total. The fraction of sp³-hybridized carbons (Fsp3) is 0.682. The number of carboxylic acid groups (broad SMARTS) is 1. The maximum atomic E-state index is 12.9. The molecule has 0 aromatic heterocycles. The second kappa shape index (κ2) is 56.2. The number of hydrogen-bond acceptors (Lipinski definition) is 7. The molecule has 0 fully saturated rings. The second-order valence-corrected chi connectivity index (χ2v) is 20.9. The van der Waals surface area contributed by atoms with Gasteiger partial charge in [0.1, 0.15) is 13.2 Å². The number of carbonyl (C=O) groups excluding carboxylic acids is 2. The van der Waals surface area contributed by atoms with E-state index in [4.69, 9.17) is 18.9 Å². The van der Waals surface area contributed by atoms with Crippen LogP contribution in [0, 0.1) is 0 Å². The van der Waals surface area contributed by atoms with Gasteiger partial charge in [0.15, 0.2) is 6.10 Å². The molecule has 2 atom stereocenters. The monoisotopic (exact) mass is 1050 g/mol. The van der Waals surface area contributed by atoms with E-state index in [0.717, 1.165) is 109 Å². The number of aliphatic carboxylic acids is 1. The van der Waals surface area contributed by atoms with Crippen LogP contribution in [0.1, 0.15) is 232 Å². The first-order valence-electron chi connectivity index (χ1n) is 30.1. The summed E-state index contributed by atoms with van der Waals surface area (Å²) in [5.74, 6) is -2.02. The third-order valence-corrected chi connectivity index (χ3v) is 12.5. The average molecular weight is 1050 g/mol. The van der Waals surface area contributed by atoms with E-state index in [1.165, 1.54) is 89.9 Å². The molecule has 9 nitrogen and oxygen atoms in total. The van der Waals surface area contributed by atoms with Crippen molar-refractivity contribution in [3.05, 3.63) is 109 Å². The lowest BCUT2D eigenvalue weighted by atomic mass is 10.0. The van der Waals surface area contributed by atoms with Gasteiger partial charge in [0.2, 0.25) is 0 Å². The molecular weight excluding hydrogens is 935 g/mol. The maximum Gasteiger partial charge on any atom is 0.361 e. The van der Waals surface area contributed by atoms with Gasteiger partial charge in [-0.05, 0) is 103 Å². The lowest BCUT2D eigenvalue weighted by Gasteiger charge is -2.25. The molecule has 0 rings (SSSR count). The molecule has 0 bridgehead atoms. The van der Waals surface area contributed by atoms with Crippen molar-refractivity contribution in [2.24, 2.45) is 0 Å². The molecule has 0 aliphatic heterocycles. The van der Waals surface area contributed by atoms with E-state index in [1.54, 1.807) is 0 Å². The summed E-state index contributed by atoms with van der Waals surface area (Å²) in [6, 6.07) is 0. The van der Waals surface area contributed by atoms with Crippen LogP contribution in [0.3, 0.4) is 0 Å². The normalized spacial score (nSPS) is 13.6. The standard InChI is InChI=1S/C66H111NO8/c1-6-8-10-12-14-16-18-20-21-22-23-24-25-26-27-28-29-30-31-32-33-34-35-36-37-38-39-40-41-42-43-45-47-49-51-53-55-57-64(69)75-62(61-74-66(65(70)71)72-59-58-67(3,4)5)60-73-63(68)56-54-52-50-48-46-44-19-17-15-13-11-9-7-2/h8,10,14,16-17,19-21,23-24,26-27,29-30,32-33,35-36,62,66H,6-7,9,11-13,15,18,22,25,28,31,34,37-61H2,1-5H3/p+1/b10-8-,16-14-,19-17-,21-20-,24-23-,27-26-,30-29-,33-32-,36-35-. The fourth-order valence-electron chi connectivity index (χ4n) is 7.91. The van der Waals surface area contributed by atoms with Crippen molar-refractivity contribution in [3.8, 4) is 0 Å². The lowest BCUT2D eigenvalue weighted by molar-refractivity contribution is -0.870. The molecule has 0 radical (unpaired) electrons. The Kier molecular flexibility index (Phi) is 53.1. The number of allylic oxidation sites excluding steroid dienone is 18. The molecule has 0 saturated heterocycles. The van der Waals surface area contributed by atoms with Gasteiger partial charge in [-0.15, -0.1) is 0 Å². The van der Waals surface area contributed by atoms with Crippen LogP contribution in [0.25, 0.3) is 0 Å². The first-order valence-corrected chi connectivity index (χ1v) is 30.1. The van der Waals surface area contributed by atoms with Crippen molar-refractivity contribution >= 4 is 17.9 Å². The molecule has 0 aromatic carbocycles.